The number of ether oxygens (including phenoxy) is 1. The van der Waals surface area contributed by atoms with Gasteiger partial charge in [-0.15, -0.1) is 0 Å². The summed E-state index contributed by atoms with van der Waals surface area (Å²) in [5.74, 6) is 0.742. The number of aromatic nitrogens is 2. The Morgan fingerprint density at radius 3 is 2.62 bits per heavy atom. The Kier molecular flexibility index (Phi) is 8.39. The smallest absolute Gasteiger partial charge is 0.319 e. The zero-order valence-electron chi connectivity index (χ0n) is 24.5. The first-order valence-electron chi connectivity index (χ1n) is 15.1. The highest BCUT2D eigenvalue weighted by Crippen LogP contribution is 2.42. The first-order valence-corrected chi connectivity index (χ1v) is 15.5. The quantitative estimate of drug-likeness (QED) is 0.200. The minimum absolute atomic E-state index is 0.0431. The van der Waals surface area contributed by atoms with Gasteiger partial charge in [-0.05, 0) is 66.3 Å². The maximum absolute atomic E-state index is 16.7. The minimum Gasteiger partial charge on any atom is -0.508 e. The summed E-state index contributed by atoms with van der Waals surface area (Å²) in [4.78, 5) is 14.1. The largest absolute Gasteiger partial charge is 0.508 e. The molecule has 0 aliphatic carbocycles. The van der Waals surface area contributed by atoms with Crippen molar-refractivity contribution in [2.75, 3.05) is 44.2 Å². The molecule has 2 bridgehead atoms. The summed E-state index contributed by atoms with van der Waals surface area (Å²) in [6.45, 7) is 11.5. The van der Waals surface area contributed by atoms with Gasteiger partial charge < -0.3 is 25.0 Å². The van der Waals surface area contributed by atoms with Crippen LogP contribution in [0.25, 0.3) is 32.8 Å². The highest BCUT2D eigenvalue weighted by atomic mass is 35.5. The summed E-state index contributed by atoms with van der Waals surface area (Å²) in [7, 11) is 0. The Balaban J connectivity index is 1.41. The van der Waals surface area contributed by atoms with E-state index in [-0.39, 0.29) is 27.9 Å². The van der Waals surface area contributed by atoms with Crippen LogP contribution in [0.1, 0.15) is 40.0 Å². The third-order valence-electron chi connectivity index (χ3n) is 8.39. The fraction of sp³-hybridized carbons (Fsp3) is 0.455. The molecule has 2 saturated heterocycles. The third-order valence-corrected chi connectivity index (χ3v) is 8.69. The molecule has 3 aromatic carbocycles. The molecule has 0 saturated carbocycles. The first-order chi connectivity index (χ1) is 20.3. The number of piperazine rings is 1. The van der Waals surface area contributed by atoms with E-state index in [2.05, 4.69) is 40.9 Å². The van der Waals surface area contributed by atoms with E-state index in [1.165, 1.54) is 0 Å². The summed E-state index contributed by atoms with van der Waals surface area (Å²) >= 11 is 6.85. The van der Waals surface area contributed by atoms with Gasteiger partial charge in [0.15, 0.2) is 5.82 Å². The number of aromatic hydroxyl groups is 1. The van der Waals surface area contributed by atoms with Crippen molar-refractivity contribution in [2.24, 2.45) is 5.92 Å². The lowest BCUT2D eigenvalue weighted by atomic mass is 9.96. The van der Waals surface area contributed by atoms with Crippen LogP contribution in [0.5, 0.6) is 11.8 Å². The van der Waals surface area contributed by atoms with E-state index in [4.69, 9.17) is 21.3 Å². The number of nitrogens with zero attached hydrogens (tertiary/aromatic N) is 4. The summed E-state index contributed by atoms with van der Waals surface area (Å²) in [5.41, 5.74) is 0.893. The monoisotopic (exact) mass is 591 g/mol. The maximum Gasteiger partial charge on any atom is 0.319 e. The van der Waals surface area contributed by atoms with E-state index < -0.39 is 5.82 Å². The molecule has 3 heterocycles. The average molecular weight is 592 g/mol. The molecule has 2 fully saturated rings. The van der Waals surface area contributed by atoms with Gasteiger partial charge in [-0.2, -0.15) is 9.97 Å². The second kappa shape index (κ2) is 12.2. The normalized spacial score (nSPS) is 18.6. The Bertz CT molecular complexity index is 1590. The lowest BCUT2D eigenvalue weighted by Crippen LogP contribution is -2.51. The van der Waals surface area contributed by atoms with Crippen molar-refractivity contribution in [1.29, 1.82) is 0 Å². The van der Waals surface area contributed by atoms with E-state index in [1.54, 1.807) is 18.2 Å². The summed E-state index contributed by atoms with van der Waals surface area (Å²) in [6.07, 6.45) is 3.04. The molecule has 42 heavy (non-hydrogen) atoms. The van der Waals surface area contributed by atoms with Crippen LogP contribution >= 0.6 is 11.6 Å². The molecule has 6 rings (SSSR count). The number of phenols is 1. The number of hydrogen-bond donors (Lipinski definition) is 2. The Morgan fingerprint density at radius 1 is 1.12 bits per heavy atom. The molecule has 4 aromatic rings. The number of phenolic OH excluding ortho intramolecular Hbond substituents is 1. The van der Waals surface area contributed by atoms with E-state index in [1.807, 2.05) is 24.3 Å². The van der Waals surface area contributed by atoms with Gasteiger partial charge in [0, 0.05) is 49.2 Å². The topological polar surface area (TPSA) is 73.8 Å². The average Bonchev–Trinajstić information content (AvgIpc) is 3.31. The molecule has 0 radical (unpaired) electrons. The van der Waals surface area contributed by atoms with E-state index in [0.29, 0.717) is 41.4 Å². The van der Waals surface area contributed by atoms with Crippen molar-refractivity contribution in [3.05, 3.63) is 53.3 Å². The molecule has 2 aliphatic heterocycles. The van der Waals surface area contributed by atoms with Crippen molar-refractivity contribution in [3.8, 4) is 22.9 Å². The number of nitrogens with one attached hydrogen (secondary N) is 1. The van der Waals surface area contributed by atoms with Gasteiger partial charge in [0.1, 0.15) is 17.1 Å². The molecule has 0 spiro atoms. The van der Waals surface area contributed by atoms with E-state index in [0.717, 1.165) is 62.8 Å². The van der Waals surface area contributed by atoms with Crippen LogP contribution < -0.4 is 15.0 Å². The lowest BCUT2D eigenvalue weighted by molar-refractivity contribution is 0.218. The Morgan fingerprint density at radius 2 is 1.88 bits per heavy atom. The van der Waals surface area contributed by atoms with Crippen LogP contribution in [0.3, 0.4) is 0 Å². The molecule has 2 N–H and O–H groups in total. The molecular formula is C33H39ClFN5O2. The van der Waals surface area contributed by atoms with Gasteiger partial charge in [0.05, 0.1) is 11.6 Å². The van der Waals surface area contributed by atoms with Crippen molar-refractivity contribution in [1.82, 2.24) is 20.2 Å². The Hall–Kier alpha value is -3.20. The second-order valence-corrected chi connectivity index (χ2v) is 12.4. The van der Waals surface area contributed by atoms with Crippen LogP contribution in [0.15, 0.2) is 42.5 Å². The van der Waals surface area contributed by atoms with Crippen LogP contribution in [-0.4, -0.2) is 71.4 Å². The standard InChI is InChI=1S/C33H39ClFN5O2/c1-4-39(17-20(2)3)12-7-13-42-33-37-31-27(32(38-33)40-18-22-10-11-23(19-40)36-22)16-28(34)29(30(31)35)26-15-24(41)14-21-8-5-6-9-25(21)26/h5-6,8-9,14-16,20,22-23,36,41H,4,7,10-13,17-19H2,1-3H3. The number of benzene rings is 3. The molecule has 2 atom stereocenters. The van der Waals surface area contributed by atoms with Gasteiger partial charge in [-0.25, -0.2) is 4.39 Å². The predicted molar refractivity (Wildman–Crippen MR) is 168 cm³/mol. The number of hydrogen-bond acceptors (Lipinski definition) is 7. The van der Waals surface area contributed by atoms with Crippen molar-refractivity contribution < 1.29 is 14.2 Å². The molecule has 2 aliphatic rings. The number of fused-ring (bicyclic) bond motifs is 4. The molecule has 9 heteroatoms. The highest BCUT2D eigenvalue weighted by molar-refractivity contribution is 6.35. The van der Waals surface area contributed by atoms with Crippen molar-refractivity contribution >= 4 is 39.1 Å². The zero-order chi connectivity index (χ0) is 29.4. The van der Waals surface area contributed by atoms with E-state index in [9.17, 15) is 5.11 Å². The molecule has 7 nitrogen and oxygen atoms in total. The minimum atomic E-state index is -0.547. The molecular weight excluding hydrogens is 553 g/mol. The van der Waals surface area contributed by atoms with E-state index >= 15 is 4.39 Å². The second-order valence-electron chi connectivity index (χ2n) is 12.0. The first kappa shape index (κ1) is 28.9. The molecule has 2 unspecified atom stereocenters. The predicted octanol–water partition coefficient (Wildman–Crippen LogP) is 6.64. The molecule has 1 aromatic heterocycles. The van der Waals surface area contributed by atoms with Crippen LogP contribution in [-0.2, 0) is 0 Å². The molecule has 0 amide bonds. The van der Waals surface area contributed by atoms with Gasteiger partial charge in [-0.1, -0.05) is 56.6 Å². The fourth-order valence-electron chi connectivity index (χ4n) is 6.53. The van der Waals surface area contributed by atoms with Gasteiger partial charge in [0.25, 0.3) is 0 Å². The lowest BCUT2D eigenvalue weighted by Gasteiger charge is -2.34. The number of anilines is 1. The number of halogens is 2. The summed E-state index contributed by atoms with van der Waals surface area (Å²) < 4.78 is 22.8. The summed E-state index contributed by atoms with van der Waals surface area (Å²) in [5, 5.41) is 16.5. The van der Waals surface area contributed by atoms with Crippen molar-refractivity contribution in [2.45, 2.75) is 52.1 Å². The van der Waals surface area contributed by atoms with Crippen LogP contribution in [0, 0.1) is 11.7 Å². The Labute approximate surface area is 251 Å². The van der Waals surface area contributed by atoms with Crippen LogP contribution in [0.2, 0.25) is 5.02 Å². The highest BCUT2D eigenvalue weighted by Gasteiger charge is 2.34. The SMILES string of the molecule is CCN(CCCOc1nc(N2CC3CCC(C2)N3)c2cc(Cl)c(-c3cc(O)cc4ccccc34)c(F)c2n1)CC(C)C. The van der Waals surface area contributed by atoms with Gasteiger partial charge in [0.2, 0.25) is 0 Å². The summed E-state index contributed by atoms with van der Waals surface area (Å²) in [6, 6.07) is 13.5. The number of rotatable bonds is 10. The zero-order valence-corrected chi connectivity index (χ0v) is 25.3. The maximum atomic E-state index is 16.7. The third kappa shape index (κ3) is 5.85. The van der Waals surface area contributed by atoms with Gasteiger partial charge >= 0.3 is 6.01 Å². The van der Waals surface area contributed by atoms with Gasteiger partial charge in [-0.3, -0.25) is 0 Å². The fourth-order valence-corrected chi connectivity index (χ4v) is 6.82. The molecule has 222 valence electrons. The van der Waals surface area contributed by atoms with Crippen LogP contribution in [0.4, 0.5) is 10.2 Å². The van der Waals surface area contributed by atoms with Crippen molar-refractivity contribution in [3.63, 3.8) is 0 Å².